The second-order valence-electron chi connectivity index (χ2n) is 7.74. The minimum absolute atomic E-state index is 0. The summed E-state index contributed by atoms with van der Waals surface area (Å²) >= 11 is 0. The molecular weight excluding hydrogens is 439 g/mol. The first-order valence-electron chi connectivity index (χ1n) is 11.1. The van der Waals surface area contributed by atoms with Crippen molar-refractivity contribution < 1.29 is 71.9 Å². The van der Waals surface area contributed by atoms with Gasteiger partial charge in [0.1, 0.15) is 24.4 Å². The SMILES string of the molecule is CCCCCCCCCCCCCCOC[C@H](OS(=O)(=O)[O-])[C@@H](O)[C@H](O)[C@H](O)CO.[Na+]. The molecule has 0 heterocycles. The fourth-order valence-corrected chi connectivity index (χ4v) is 3.61. The predicted molar refractivity (Wildman–Crippen MR) is 112 cm³/mol. The number of hydrogen-bond donors (Lipinski definition) is 4. The zero-order chi connectivity index (χ0) is 22.8. The van der Waals surface area contributed by atoms with Crippen molar-refractivity contribution in [2.45, 2.75) is 108 Å². The van der Waals surface area contributed by atoms with Gasteiger partial charge in [-0.1, -0.05) is 77.6 Å². The van der Waals surface area contributed by atoms with Crippen LogP contribution in [-0.4, -0.2) is 77.6 Å². The molecule has 4 N–H and O–H groups in total. The van der Waals surface area contributed by atoms with E-state index in [1.165, 1.54) is 51.4 Å². The third-order valence-corrected chi connectivity index (χ3v) is 5.46. The Bertz CT molecular complexity index is 493. The summed E-state index contributed by atoms with van der Waals surface area (Å²) in [5.74, 6) is 0. The molecule has 0 fully saturated rings. The van der Waals surface area contributed by atoms with E-state index in [0.29, 0.717) is 0 Å². The van der Waals surface area contributed by atoms with Gasteiger partial charge in [0.2, 0.25) is 10.4 Å². The normalized spacial score (nSPS) is 15.8. The van der Waals surface area contributed by atoms with Crippen molar-refractivity contribution in [1.82, 2.24) is 0 Å². The zero-order valence-electron chi connectivity index (χ0n) is 19.2. The maximum atomic E-state index is 10.8. The van der Waals surface area contributed by atoms with E-state index in [2.05, 4.69) is 11.1 Å². The number of aliphatic hydroxyl groups is 4. The van der Waals surface area contributed by atoms with E-state index < -0.39 is 48.0 Å². The Hall–Kier alpha value is 0.670. The maximum Gasteiger partial charge on any atom is 1.00 e. The van der Waals surface area contributed by atoms with Crippen molar-refractivity contribution in [3.05, 3.63) is 0 Å². The van der Waals surface area contributed by atoms with E-state index >= 15 is 0 Å². The fourth-order valence-electron chi connectivity index (χ4n) is 3.13. The summed E-state index contributed by atoms with van der Waals surface area (Å²) in [6.07, 6.45) is 7.01. The average molecular weight is 481 g/mol. The minimum atomic E-state index is -5.15. The summed E-state index contributed by atoms with van der Waals surface area (Å²) in [7, 11) is -5.15. The van der Waals surface area contributed by atoms with Gasteiger partial charge in [-0.2, -0.15) is 0 Å². The Morgan fingerprint density at radius 2 is 1.26 bits per heavy atom. The smallest absolute Gasteiger partial charge is 0.726 e. The average Bonchev–Trinajstić information content (AvgIpc) is 2.70. The number of aliphatic hydroxyl groups excluding tert-OH is 4. The van der Waals surface area contributed by atoms with Gasteiger partial charge in [-0.25, -0.2) is 8.42 Å². The molecule has 11 heteroatoms. The molecule has 0 unspecified atom stereocenters. The van der Waals surface area contributed by atoms with Gasteiger partial charge >= 0.3 is 29.6 Å². The number of hydrogen-bond acceptors (Lipinski definition) is 9. The molecule has 0 radical (unpaired) electrons. The van der Waals surface area contributed by atoms with Gasteiger partial charge in [0, 0.05) is 6.61 Å². The molecule has 0 aliphatic carbocycles. The quantitative estimate of drug-likeness (QED) is 0.0673. The van der Waals surface area contributed by atoms with Gasteiger partial charge in [0.25, 0.3) is 0 Å². The van der Waals surface area contributed by atoms with E-state index in [1.807, 2.05) is 0 Å². The number of ether oxygens (including phenoxy) is 1. The van der Waals surface area contributed by atoms with Crippen LogP contribution in [0.3, 0.4) is 0 Å². The third kappa shape index (κ3) is 19.8. The molecule has 9 nitrogen and oxygen atoms in total. The predicted octanol–water partition coefficient (Wildman–Crippen LogP) is -1.37. The van der Waals surface area contributed by atoms with Gasteiger partial charge in [-0.05, 0) is 6.42 Å². The summed E-state index contributed by atoms with van der Waals surface area (Å²) in [5.41, 5.74) is 0. The van der Waals surface area contributed by atoms with E-state index in [1.54, 1.807) is 0 Å². The van der Waals surface area contributed by atoms with Crippen LogP contribution in [0.25, 0.3) is 0 Å². The third-order valence-electron chi connectivity index (χ3n) is 4.98. The molecule has 182 valence electrons. The molecule has 0 saturated carbocycles. The Kier molecular flexibility index (Phi) is 23.2. The van der Waals surface area contributed by atoms with Crippen molar-refractivity contribution in [2.75, 3.05) is 19.8 Å². The van der Waals surface area contributed by atoms with Crippen LogP contribution in [0.4, 0.5) is 0 Å². The van der Waals surface area contributed by atoms with Crippen molar-refractivity contribution in [1.29, 1.82) is 0 Å². The van der Waals surface area contributed by atoms with Crippen LogP contribution >= 0.6 is 0 Å². The van der Waals surface area contributed by atoms with Crippen LogP contribution < -0.4 is 29.6 Å². The summed E-state index contributed by atoms with van der Waals surface area (Å²) in [4.78, 5) is 0. The summed E-state index contributed by atoms with van der Waals surface area (Å²) in [6, 6.07) is 0. The van der Waals surface area contributed by atoms with Crippen LogP contribution in [0.1, 0.15) is 84.0 Å². The van der Waals surface area contributed by atoms with Crippen LogP contribution in [0.2, 0.25) is 0 Å². The molecule has 0 amide bonds. The van der Waals surface area contributed by atoms with Crippen LogP contribution in [0.15, 0.2) is 0 Å². The second kappa shape index (κ2) is 21.2. The molecule has 0 aromatic rings. The van der Waals surface area contributed by atoms with Crippen LogP contribution in [0, 0.1) is 0 Å². The Morgan fingerprint density at radius 1 is 0.806 bits per heavy atom. The Morgan fingerprint density at radius 3 is 1.68 bits per heavy atom. The van der Waals surface area contributed by atoms with Gasteiger partial charge in [-0.3, -0.25) is 4.18 Å². The van der Waals surface area contributed by atoms with E-state index in [0.717, 1.165) is 25.7 Å². The second-order valence-corrected chi connectivity index (χ2v) is 8.75. The molecule has 0 saturated heterocycles. The fraction of sp³-hybridized carbons (Fsp3) is 1.00. The molecular formula is C20H41NaO9S. The van der Waals surface area contributed by atoms with E-state index in [4.69, 9.17) is 9.84 Å². The van der Waals surface area contributed by atoms with Gasteiger partial charge < -0.3 is 29.7 Å². The number of unbranched alkanes of at least 4 members (excludes halogenated alkanes) is 11. The standard InChI is InChI=1S/C20H42O9S.Na/c1-2-3-4-5-6-7-8-9-10-11-12-13-14-28-16-18(29-30(25,26)27)20(24)19(23)17(22)15-21;/h17-24H,2-16H2,1H3,(H,25,26,27);/q;+1/p-1/t17-,18+,19-,20-;/m1./s1. The molecule has 0 aliphatic heterocycles. The number of rotatable bonds is 21. The molecule has 0 aromatic carbocycles. The van der Waals surface area contributed by atoms with Crippen molar-refractivity contribution in [2.24, 2.45) is 0 Å². The molecule has 0 aromatic heterocycles. The monoisotopic (exact) mass is 480 g/mol. The summed E-state index contributed by atoms with van der Waals surface area (Å²) in [5, 5.41) is 37.8. The molecule has 0 bridgehead atoms. The van der Waals surface area contributed by atoms with Crippen LogP contribution in [0.5, 0.6) is 0 Å². The van der Waals surface area contributed by atoms with E-state index in [-0.39, 0.29) is 36.2 Å². The topological polar surface area (TPSA) is 157 Å². The van der Waals surface area contributed by atoms with Gasteiger partial charge in [0.15, 0.2) is 0 Å². The maximum absolute atomic E-state index is 10.8. The largest absolute Gasteiger partial charge is 1.00 e. The first-order valence-corrected chi connectivity index (χ1v) is 12.4. The molecule has 0 spiro atoms. The minimum Gasteiger partial charge on any atom is -0.726 e. The first kappa shape index (κ1) is 33.8. The van der Waals surface area contributed by atoms with Crippen molar-refractivity contribution >= 4 is 10.4 Å². The molecule has 4 atom stereocenters. The molecule has 31 heavy (non-hydrogen) atoms. The summed E-state index contributed by atoms with van der Waals surface area (Å²) in [6.45, 7) is 1.19. The van der Waals surface area contributed by atoms with Gasteiger partial charge in [-0.15, -0.1) is 0 Å². The van der Waals surface area contributed by atoms with E-state index in [9.17, 15) is 28.3 Å². The first-order chi connectivity index (χ1) is 14.2. The Balaban J connectivity index is 0. The van der Waals surface area contributed by atoms with Crippen molar-refractivity contribution in [3.8, 4) is 0 Å². The Labute approximate surface area is 209 Å². The van der Waals surface area contributed by atoms with Crippen molar-refractivity contribution in [3.63, 3.8) is 0 Å². The zero-order valence-corrected chi connectivity index (χ0v) is 22.0. The summed E-state index contributed by atoms with van der Waals surface area (Å²) < 4.78 is 41.9. The van der Waals surface area contributed by atoms with Gasteiger partial charge in [0.05, 0.1) is 13.2 Å². The molecule has 0 rings (SSSR count). The molecule has 0 aliphatic rings. The van der Waals surface area contributed by atoms with Crippen LogP contribution in [-0.2, 0) is 19.3 Å².